The van der Waals surface area contributed by atoms with Crippen LogP contribution in [0.5, 0.6) is 0 Å². The van der Waals surface area contributed by atoms with Crippen LogP contribution >= 0.6 is 50.7 Å². The van der Waals surface area contributed by atoms with Crippen LogP contribution in [0.1, 0.15) is 45.4 Å². The zero-order chi connectivity index (χ0) is 13.8. The number of rotatable bonds is 4. The molecule has 2 nitrogen and oxygen atoms in total. The summed E-state index contributed by atoms with van der Waals surface area (Å²) in [5.74, 6) is -0.210. The molecule has 0 heterocycles. The van der Waals surface area contributed by atoms with E-state index in [4.69, 9.17) is 39.5 Å². The predicted octanol–water partition coefficient (Wildman–Crippen LogP) is 5.02. The van der Waals surface area contributed by atoms with Gasteiger partial charge in [0.15, 0.2) is 0 Å². The number of ether oxygens (including phenoxy) is 1. The van der Waals surface area contributed by atoms with E-state index in [1.807, 2.05) is 0 Å². The lowest BCUT2D eigenvalue weighted by Crippen LogP contribution is -2.43. The smallest absolute Gasteiger partial charge is 0.306 e. The van der Waals surface area contributed by atoms with Gasteiger partial charge in [-0.05, 0) is 25.2 Å². The lowest BCUT2D eigenvalue weighted by atomic mass is 9.70. The first-order valence-corrected chi connectivity index (χ1v) is 8.23. The molecule has 0 saturated heterocycles. The van der Waals surface area contributed by atoms with E-state index < -0.39 is 3.79 Å². The minimum atomic E-state index is -1.41. The lowest BCUT2D eigenvalue weighted by Gasteiger charge is -2.43. The number of halogens is 4. The highest BCUT2D eigenvalue weighted by Gasteiger charge is 2.49. The van der Waals surface area contributed by atoms with Crippen molar-refractivity contribution in [3.05, 3.63) is 0 Å². The summed E-state index contributed by atoms with van der Waals surface area (Å²) >= 11 is 21.5. The van der Waals surface area contributed by atoms with E-state index >= 15 is 0 Å². The Balaban J connectivity index is 2.84. The Morgan fingerprint density at radius 1 is 1.33 bits per heavy atom. The quantitative estimate of drug-likeness (QED) is 0.505. The normalized spacial score (nSPS) is 21.4. The van der Waals surface area contributed by atoms with Gasteiger partial charge in [-0.1, -0.05) is 70.0 Å². The molecule has 106 valence electrons. The van der Waals surface area contributed by atoms with Gasteiger partial charge in [-0.2, -0.15) is 0 Å². The van der Waals surface area contributed by atoms with E-state index in [2.05, 4.69) is 15.9 Å². The maximum Gasteiger partial charge on any atom is 0.306 e. The highest BCUT2D eigenvalue weighted by molar-refractivity contribution is 9.09. The van der Waals surface area contributed by atoms with Gasteiger partial charge in [0.2, 0.25) is 3.79 Å². The van der Waals surface area contributed by atoms with Gasteiger partial charge in [-0.15, -0.1) is 0 Å². The van der Waals surface area contributed by atoms with Crippen LogP contribution in [-0.2, 0) is 9.53 Å². The summed E-state index contributed by atoms with van der Waals surface area (Å²) in [4.78, 5) is 11.4. The van der Waals surface area contributed by atoms with Crippen LogP contribution in [0.25, 0.3) is 0 Å². The van der Waals surface area contributed by atoms with Gasteiger partial charge in [0.1, 0.15) is 0 Å². The minimum Gasteiger partial charge on any atom is -0.466 e. The van der Waals surface area contributed by atoms with E-state index in [-0.39, 0.29) is 16.2 Å². The second kappa shape index (κ2) is 7.01. The summed E-state index contributed by atoms with van der Waals surface area (Å²) in [6.45, 7) is 2.18. The molecule has 0 aromatic carbocycles. The van der Waals surface area contributed by atoms with Crippen molar-refractivity contribution in [2.75, 3.05) is 6.61 Å². The summed E-state index contributed by atoms with van der Waals surface area (Å²) in [5.41, 5.74) is -0.310. The minimum absolute atomic E-state index is 0.210. The molecule has 0 bridgehead atoms. The fraction of sp³-hybridized carbons (Fsp3) is 0.917. The first kappa shape index (κ1) is 16.9. The second-order valence-corrected chi connectivity index (χ2v) is 8.09. The van der Waals surface area contributed by atoms with Crippen molar-refractivity contribution < 1.29 is 9.53 Å². The molecular formula is C12H18BrCl3O2. The van der Waals surface area contributed by atoms with Crippen LogP contribution in [0.2, 0.25) is 0 Å². The van der Waals surface area contributed by atoms with Crippen molar-refractivity contribution in [2.24, 2.45) is 5.41 Å². The molecule has 0 amide bonds. The summed E-state index contributed by atoms with van der Waals surface area (Å²) in [6, 6.07) is 0. The molecule has 1 aliphatic rings. The van der Waals surface area contributed by atoms with Crippen LogP contribution in [-0.4, -0.2) is 21.2 Å². The van der Waals surface area contributed by atoms with Crippen LogP contribution in [0.15, 0.2) is 0 Å². The SMILES string of the molecule is CCOC(=O)CC1(C(Br)C(Cl)(Cl)Cl)CCCCC1. The molecule has 1 saturated carbocycles. The molecule has 0 aromatic heterocycles. The largest absolute Gasteiger partial charge is 0.466 e. The third-order valence-electron chi connectivity index (χ3n) is 3.48. The topological polar surface area (TPSA) is 26.3 Å². The first-order valence-electron chi connectivity index (χ1n) is 6.18. The second-order valence-electron chi connectivity index (χ2n) is 4.81. The Hall–Kier alpha value is 0.820. The maximum atomic E-state index is 11.8. The molecular weight excluding hydrogens is 362 g/mol. The van der Waals surface area contributed by atoms with Gasteiger partial charge in [-0.25, -0.2) is 0 Å². The molecule has 18 heavy (non-hydrogen) atoms. The van der Waals surface area contributed by atoms with Crippen molar-refractivity contribution in [2.45, 2.75) is 54.1 Å². The molecule has 1 aliphatic carbocycles. The van der Waals surface area contributed by atoms with Crippen molar-refractivity contribution in [1.29, 1.82) is 0 Å². The van der Waals surface area contributed by atoms with Gasteiger partial charge < -0.3 is 4.74 Å². The van der Waals surface area contributed by atoms with E-state index in [0.29, 0.717) is 13.0 Å². The van der Waals surface area contributed by atoms with E-state index in [1.54, 1.807) is 6.92 Å². The average Bonchev–Trinajstić information content (AvgIpc) is 2.28. The van der Waals surface area contributed by atoms with Crippen LogP contribution in [0.3, 0.4) is 0 Å². The Kier molecular flexibility index (Phi) is 6.57. The molecule has 0 aliphatic heterocycles. The highest BCUT2D eigenvalue weighted by atomic mass is 79.9. The zero-order valence-corrected chi connectivity index (χ0v) is 14.2. The Labute approximate surface area is 132 Å². The van der Waals surface area contributed by atoms with Crippen molar-refractivity contribution in [3.63, 3.8) is 0 Å². The molecule has 1 fully saturated rings. The molecule has 6 heteroatoms. The standard InChI is InChI=1S/C12H18BrCl3O2/c1-2-18-9(17)8-11(6-4-3-5-7-11)10(13)12(14,15)16/h10H,2-8H2,1H3. The van der Waals surface area contributed by atoms with E-state index in [9.17, 15) is 4.79 Å². The molecule has 0 N–H and O–H groups in total. The van der Waals surface area contributed by atoms with Gasteiger partial charge in [-0.3, -0.25) is 4.79 Å². The van der Waals surface area contributed by atoms with Crippen LogP contribution in [0.4, 0.5) is 0 Å². The average molecular weight is 381 g/mol. The lowest BCUT2D eigenvalue weighted by molar-refractivity contribution is -0.146. The molecule has 0 aromatic rings. The van der Waals surface area contributed by atoms with E-state index in [1.165, 1.54) is 6.42 Å². The monoisotopic (exact) mass is 378 g/mol. The Morgan fingerprint density at radius 2 is 1.89 bits per heavy atom. The molecule has 1 atom stereocenters. The first-order chi connectivity index (χ1) is 8.32. The van der Waals surface area contributed by atoms with Crippen molar-refractivity contribution in [1.82, 2.24) is 0 Å². The maximum absolute atomic E-state index is 11.8. The summed E-state index contributed by atoms with van der Waals surface area (Å²) < 4.78 is 3.63. The number of hydrogen-bond acceptors (Lipinski definition) is 2. The summed E-state index contributed by atoms with van der Waals surface area (Å²) in [7, 11) is 0. The van der Waals surface area contributed by atoms with Crippen molar-refractivity contribution >= 4 is 56.7 Å². The van der Waals surface area contributed by atoms with Gasteiger partial charge in [0.05, 0.1) is 17.9 Å². The van der Waals surface area contributed by atoms with Crippen LogP contribution in [0, 0.1) is 5.41 Å². The molecule has 1 unspecified atom stereocenters. The number of alkyl halides is 4. The molecule has 0 radical (unpaired) electrons. The molecule has 1 rings (SSSR count). The Bertz CT molecular complexity index is 286. The highest BCUT2D eigenvalue weighted by Crippen LogP contribution is 2.53. The number of carbonyl (C=O) groups excluding carboxylic acids is 1. The fourth-order valence-corrected chi connectivity index (χ4v) is 3.94. The number of hydrogen-bond donors (Lipinski definition) is 0. The van der Waals surface area contributed by atoms with Crippen molar-refractivity contribution in [3.8, 4) is 0 Å². The summed E-state index contributed by atoms with van der Waals surface area (Å²) in [5, 5.41) is 0. The fourth-order valence-electron chi connectivity index (χ4n) is 2.62. The van der Waals surface area contributed by atoms with Crippen LogP contribution < -0.4 is 0 Å². The zero-order valence-electron chi connectivity index (χ0n) is 10.4. The third kappa shape index (κ3) is 4.43. The summed E-state index contributed by atoms with van der Waals surface area (Å²) in [6.07, 6.45) is 5.37. The van der Waals surface area contributed by atoms with Gasteiger partial charge in [0, 0.05) is 0 Å². The molecule has 0 spiro atoms. The predicted molar refractivity (Wildman–Crippen MR) is 79.8 cm³/mol. The number of carbonyl (C=O) groups is 1. The Morgan fingerprint density at radius 3 is 2.33 bits per heavy atom. The van der Waals surface area contributed by atoms with Gasteiger partial charge in [0.25, 0.3) is 0 Å². The van der Waals surface area contributed by atoms with E-state index in [0.717, 1.165) is 25.7 Å². The third-order valence-corrected chi connectivity index (χ3v) is 6.58. The van der Waals surface area contributed by atoms with Gasteiger partial charge >= 0.3 is 5.97 Å². The number of esters is 1.